The number of oxime groups is 1. The van der Waals surface area contributed by atoms with Crippen molar-refractivity contribution in [3.05, 3.63) is 47.2 Å². The van der Waals surface area contributed by atoms with Gasteiger partial charge in [0.05, 0.1) is 12.1 Å². The van der Waals surface area contributed by atoms with Crippen LogP contribution >= 0.6 is 0 Å². The van der Waals surface area contributed by atoms with Crippen LogP contribution in [-0.2, 0) is 27.4 Å². The normalized spacial score (nSPS) is 21.9. The van der Waals surface area contributed by atoms with E-state index in [-0.39, 0.29) is 35.7 Å². The third kappa shape index (κ3) is 7.69. The molecular weight excluding hydrogens is 546 g/mol. The van der Waals surface area contributed by atoms with Gasteiger partial charge in [-0.1, -0.05) is 29.4 Å². The summed E-state index contributed by atoms with van der Waals surface area (Å²) in [7, 11) is 3.16. The second-order valence-corrected chi connectivity index (χ2v) is 12.4. The fourth-order valence-electron chi connectivity index (χ4n) is 6.60. The van der Waals surface area contributed by atoms with Gasteiger partial charge in [-0.05, 0) is 68.2 Å². The van der Waals surface area contributed by atoms with Crippen LogP contribution in [0.1, 0.15) is 49.7 Å². The van der Waals surface area contributed by atoms with Crippen molar-refractivity contribution in [1.82, 2.24) is 20.4 Å². The number of amides is 2. The number of aliphatic imine (C=N–C) groups is 2. The minimum atomic E-state index is -0.682. The van der Waals surface area contributed by atoms with Crippen molar-refractivity contribution in [2.45, 2.75) is 63.6 Å². The van der Waals surface area contributed by atoms with Gasteiger partial charge in [0.1, 0.15) is 24.4 Å². The van der Waals surface area contributed by atoms with Crippen LogP contribution in [0.2, 0.25) is 0 Å². The Labute approximate surface area is 254 Å². The summed E-state index contributed by atoms with van der Waals surface area (Å²) in [6, 6.07) is 8.50. The quantitative estimate of drug-likeness (QED) is 0.156. The number of rotatable bonds is 11. The topological polar surface area (TPSA) is 131 Å². The number of benzene rings is 1. The number of aliphatic hydroxyl groups is 1. The van der Waals surface area contributed by atoms with Crippen LogP contribution in [0.4, 0.5) is 0 Å². The number of carbonyl (C=O) groups is 2. The van der Waals surface area contributed by atoms with Gasteiger partial charge in [0.15, 0.2) is 0 Å². The highest BCUT2D eigenvalue weighted by molar-refractivity contribution is 6.40. The van der Waals surface area contributed by atoms with Gasteiger partial charge in [0.25, 0.3) is 11.8 Å². The lowest BCUT2D eigenvalue weighted by molar-refractivity contribution is -0.128. The summed E-state index contributed by atoms with van der Waals surface area (Å²) in [4.78, 5) is 43.7. The summed E-state index contributed by atoms with van der Waals surface area (Å²) in [5, 5.41) is 20.4. The molecule has 1 aromatic rings. The van der Waals surface area contributed by atoms with E-state index in [0.29, 0.717) is 23.8 Å². The standard InChI is InChI=1S/C32H45N7O4/c1-33-27(30(41)35-19-26(40)21-38-13-10-22-6-4-5-7-24(22)20-38)16-28(34-2)36-25-17-32(18-25)11-14-39(15-12-32)31(42)29(37-43-3)23-8-9-23/h4-7,16,23,25-26,33,40H,2,8-15,17-21H2,1,3H3,(H,35,41)/t26-/m0/s1. The predicted octanol–water partition coefficient (Wildman–Crippen LogP) is 1.91. The molecule has 1 spiro atoms. The Bertz CT molecular complexity index is 1270. The van der Waals surface area contributed by atoms with Crippen molar-refractivity contribution in [3.63, 3.8) is 0 Å². The van der Waals surface area contributed by atoms with Crippen LogP contribution in [0.3, 0.4) is 0 Å². The predicted molar refractivity (Wildman–Crippen MR) is 167 cm³/mol. The maximum atomic E-state index is 12.9. The third-order valence-corrected chi connectivity index (χ3v) is 9.26. The Hall–Kier alpha value is -3.57. The van der Waals surface area contributed by atoms with Crippen LogP contribution in [0.5, 0.6) is 0 Å². The van der Waals surface area contributed by atoms with Gasteiger partial charge in [0.2, 0.25) is 0 Å². The molecule has 0 bridgehead atoms. The fourth-order valence-corrected chi connectivity index (χ4v) is 6.60. The molecule has 1 saturated heterocycles. The highest BCUT2D eigenvalue weighted by atomic mass is 16.6. The summed E-state index contributed by atoms with van der Waals surface area (Å²) >= 11 is 0. The van der Waals surface area contributed by atoms with Crippen molar-refractivity contribution >= 4 is 30.1 Å². The van der Waals surface area contributed by atoms with Crippen molar-refractivity contribution in [1.29, 1.82) is 0 Å². The molecule has 11 heteroatoms. The van der Waals surface area contributed by atoms with Gasteiger partial charge in [0, 0.05) is 58.3 Å². The number of likely N-dealkylation sites (N-methyl/N-ethyl adjacent to an activating group) is 1. The van der Waals surface area contributed by atoms with Crippen LogP contribution in [0.25, 0.3) is 0 Å². The molecule has 0 unspecified atom stereocenters. The molecule has 11 nitrogen and oxygen atoms in total. The van der Waals surface area contributed by atoms with E-state index >= 15 is 0 Å². The van der Waals surface area contributed by atoms with Gasteiger partial charge in [-0.3, -0.25) is 19.5 Å². The molecule has 2 aliphatic carbocycles. The Morgan fingerprint density at radius 2 is 1.91 bits per heavy atom. The Morgan fingerprint density at radius 1 is 1.19 bits per heavy atom. The Kier molecular flexibility index (Phi) is 9.92. The van der Waals surface area contributed by atoms with E-state index in [1.807, 2.05) is 11.0 Å². The van der Waals surface area contributed by atoms with Gasteiger partial charge in [-0.15, -0.1) is 0 Å². The zero-order valence-corrected chi connectivity index (χ0v) is 25.4. The van der Waals surface area contributed by atoms with Crippen molar-refractivity contribution in [2.24, 2.45) is 26.5 Å². The fraction of sp³-hybridized carbons (Fsp3) is 0.594. The van der Waals surface area contributed by atoms with Crippen molar-refractivity contribution in [3.8, 4) is 0 Å². The molecule has 43 heavy (non-hydrogen) atoms. The highest BCUT2D eigenvalue weighted by Crippen LogP contribution is 2.50. The highest BCUT2D eigenvalue weighted by Gasteiger charge is 2.47. The number of piperidine rings is 1. The molecule has 3 N–H and O–H groups in total. The van der Waals surface area contributed by atoms with Gasteiger partial charge in [-0.2, -0.15) is 0 Å². The Balaban J connectivity index is 1.07. The zero-order chi connectivity index (χ0) is 30.4. The second kappa shape index (κ2) is 13.8. The first-order chi connectivity index (χ1) is 20.8. The second-order valence-electron chi connectivity index (χ2n) is 12.4. The maximum Gasteiger partial charge on any atom is 0.271 e. The number of hydrogen-bond donors (Lipinski definition) is 3. The lowest BCUT2D eigenvalue weighted by Gasteiger charge is -2.51. The van der Waals surface area contributed by atoms with Crippen LogP contribution in [0.15, 0.2) is 51.2 Å². The molecule has 2 amide bonds. The third-order valence-electron chi connectivity index (χ3n) is 9.26. The Morgan fingerprint density at radius 3 is 2.56 bits per heavy atom. The molecule has 5 rings (SSSR count). The number of fused-ring (bicyclic) bond motifs is 1. The molecule has 1 atom stereocenters. The largest absolute Gasteiger partial charge is 0.399 e. The van der Waals surface area contributed by atoms with Gasteiger partial charge in [-0.25, -0.2) is 4.99 Å². The summed E-state index contributed by atoms with van der Waals surface area (Å²) in [6.45, 7) is 7.43. The van der Waals surface area contributed by atoms with E-state index in [9.17, 15) is 14.7 Å². The molecule has 2 saturated carbocycles. The van der Waals surface area contributed by atoms with E-state index in [0.717, 1.165) is 71.1 Å². The summed E-state index contributed by atoms with van der Waals surface area (Å²) < 4.78 is 0. The molecule has 2 aliphatic heterocycles. The smallest absolute Gasteiger partial charge is 0.271 e. The van der Waals surface area contributed by atoms with E-state index < -0.39 is 6.10 Å². The zero-order valence-electron chi connectivity index (χ0n) is 25.4. The van der Waals surface area contributed by atoms with Gasteiger partial charge < -0.3 is 25.5 Å². The summed E-state index contributed by atoms with van der Waals surface area (Å²) in [5.74, 6) is 0.339. The van der Waals surface area contributed by atoms with Crippen LogP contribution < -0.4 is 10.6 Å². The first-order valence-corrected chi connectivity index (χ1v) is 15.4. The number of aliphatic hydroxyl groups excluding tert-OH is 1. The molecule has 0 aromatic heterocycles. The van der Waals surface area contributed by atoms with E-state index in [4.69, 9.17) is 9.83 Å². The summed E-state index contributed by atoms with van der Waals surface area (Å²) in [5.41, 5.74) is 3.73. The van der Waals surface area contributed by atoms with Crippen molar-refractivity contribution in [2.75, 3.05) is 46.9 Å². The number of likely N-dealkylation sites (tertiary alicyclic amines) is 1. The molecular formula is C32H45N7O4. The molecule has 232 valence electrons. The number of nitrogens with one attached hydrogen (secondary N) is 2. The van der Waals surface area contributed by atoms with Crippen molar-refractivity contribution < 1.29 is 19.5 Å². The maximum absolute atomic E-state index is 12.9. The van der Waals surface area contributed by atoms with E-state index in [1.165, 1.54) is 18.2 Å². The molecule has 1 aromatic carbocycles. The van der Waals surface area contributed by atoms with Gasteiger partial charge >= 0.3 is 0 Å². The molecule has 0 radical (unpaired) electrons. The van der Waals surface area contributed by atoms with E-state index in [2.05, 4.69) is 50.6 Å². The minimum Gasteiger partial charge on any atom is -0.399 e. The number of amidine groups is 1. The van der Waals surface area contributed by atoms with Crippen LogP contribution in [-0.4, -0.2) is 104 Å². The minimum absolute atomic E-state index is 0.0130. The first-order valence-electron chi connectivity index (χ1n) is 15.4. The lowest BCUT2D eigenvalue weighted by Crippen LogP contribution is -2.51. The number of hydrogen-bond acceptors (Lipinski definition) is 8. The van der Waals surface area contributed by atoms with Crippen LogP contribution in [0, 0.1) is 11.3 Å². The number of carbonyl (C=O) groups excluding carboxylic acids is 2. The average Bonchev–Trinajstić information content (AvgIpc) is 3.85. The monoisotopic (exact) mass is 591 g/mol. The first kappa shape index (κ1) is 30.9. The SMILES string of the molecule is C=NC(C=C(NC)C(=O)NC[C@H](O)CN1CCc2ccccc2C1)=NC1CC2(CCN(C(=O)C(=NOC)C3CC3)CC2)C1. The lowest BCUT2D eigenvalue weighted by atomic mass is 9.60. The summed E-state index contributed by atoms with van der Waals surface area (Å²) in [6.07, 6.45) is 7.65. The molecule has 2 heterocycles. The molecule has 4 aliphatic rings. The average molecular weight is 592 g/mol. The van der Waals surface area contributed by atoms with E-state index in [1.54, 1.807) is 13.1 Å². The number of nitrogens with zero attached hydrogens (tertiary/aromatic N) is 5. The number of β-amino-alcohol motifs (C(OH)–C–C–N with tert-alkyl or cyclic N) is 1. The molecule has 3 fully saturated rings.